The summed E-state index contributed by atoms with van der Waals surface area (Å²) >= 11 is 1.67. The Labute approximate surface area is 115 Å². The minimum absolute atomic E-state index is 0.209. The van der Waals surface area contributed by atoms with Crippen LogP contribution in [0.15, 0.2) is 40.0 Å². The number of rotatable bonds is 4. The number of H-pyrrole nitrogens is 1. The van der Waals surface area contributed by atoms with E-state index in [4.69, 9.17) is 4.74 Å². The molecule has 0 atom stereocenters. The van der Waals surface area contributed by atoms with Gasteiger partial charge in [-0.1, -0.05) is 0 Å². The molecular weight excluding hydrogens is 260 g/mol. The summed E-state index contributed by atoms with van der Waals surface area (Å²) < 4.78 is 5.31. The lowest BCUT2D eigenvalue weighted by Gasteiger charge is -2.06. The molecular formula is C14H14N2O2S. The van der Waals surface area contributed by atoms with Gasteiger partial charge in [0, 0.05) is 16.5 Å². The highest BCUT2D eigenvalue weighted by molar-refractivity contribution is 7.98. The number of aromatic amines is 1. The van der Waals surface area contributed by atoms with Crippen molar-refractivity contribution in [1.29, 1.82) is 0 Å². The molecule has 98 valence electrons. The van der Waals surface area contributed by atoms with Crippen LogP contribution in [0.5, 0.6) is 5.75 Å². The molecule has 1 heterocycles. The summed E-state index contributed by atoms with van der Waals surface area (Å²) in [6.07, 6.45) is 5.77. The molecule has 0 unspecified atom stereocenters. The van der Waals surface area contributed by atoms with Crippen molar-refractivity contribution >= 4 is 23.9 Å². The molecule has 2 aromatic rings. The van der Waals surface area contributed by atoms with Crippen LogP contribution in [0.2, 0.25) is 0 Å². The smallest absolute Gasteiger partial charge is 0.264 e. The number of benzene rings is 1. The van der Waals surface area contributed by atoms with Crippen molar-refractivity contribution in [1.82, 2.24) is 10.2 Å². The van der Waals surface area contributed by atoms with Gasteiger partial charge in [-0.3, -0.25) is 4.79 Å². The van der Waals surface area contributed by atoms with Gasteiger partial charge >= 0.3 is 0 Å². The topological polar surface area (TPSA) is 55.0 Å². The molecule has 5 heteroatoms. The van der Waals surface area contributed by atoms with Gasteiger partial charge in [0.15, 0.2) is 0 Å². The summed E-state index contributed by atoms with van der Waals surface area (Å²) in [6, 6.07) is 9.11. The second kappa shape index (κ2) is 6.24. The third-order valence-corrected chi connectivity index (χ3v) is 3.30. The van der Waals surface area contributed by atoms with E-state index in [1.807, 2.05) is 36.6 Å². The Kier molecular flexibility index (Phi) is 4.41. The van der Waals surface area contributed by atoms with E-state index >= 15 is 0 Å². The summed E-state index contributed by atoms with van der Waals surface area (Å²) in [6.45, 7) is 0. The SMILES string of the molecule is COc1ccc(SC)cc1C=Cc1ccc(=O)[nH]n1. The van der Waals surface area contributed by atoms with Crippen LogP contribution in [0.4, 0.5) is 0 Å². The largest absolute Gasteiger partial charge is 0.496 e. The first kappa shape index (κ1) is 13.4. The number of hydrogen-bond donors (Lipinski definition) is 1. The Morgan fingerprint density at radius 1 is 1.26 bits per heavy atom. The van der Waals surface area contributed by atoms with E-state index in [0.29, 0.717) is 5.69 Å². The third-order valence-electron chi connectivity index (χ3n) is 2.57. The van der Waals surface area contributed by atoms with Gasteiger partial charge in [0.05, 0.1) is 12.8 Å². The average Bonchev–Trinajstić information content (AvgIpc) is 2.46. The van der Waals surface area contributed by atoms with E-state index in [2.05, 4.69) is 10.2 Å². The number of nitrogens with one attached hydrogen (secondary N) is 1. The van der Waals surface area contributed by atoms with Gasteiger partial charge in [-0.15, -0.1) is 11.8 Å². The van der Waals surface area contributed by atoms with Crippen LogP contribution in [0.25, 0.3) is 12.2 Å². The highest BCUT2D eigenvalue weighted by Crippen LogP contribution is 2.26. The number of thioether (sulfide) groups is 1. The molecule has 0 saturated heterocycles. The maximum Gasteiger partial charge on any atom is 0.264 e. The second-order valence-electron chi connectivity index (χ2n) is 3.79. The van der Waals surface area contributed by atoms with Crippen molar-refractivity contribution in [3.05, 3.63) is 51.9 Å². The monoisotopic (exact) mass is 274 g/mol. The zero-order valence-electron chi connectivity index (χ0n) is 10.7. The number of ether oxygens (including phenoxy) is 1. The van der Waals surface area contributed by atoms with Crippen molar-refractivity contribution in [3.8, 4) is 5.75 Å². The van der Waals surface area contributed by atoms with Crippen molar-refractivity contribution in [3.63, 3.8) is 0 Å². The number of methoxy groups -OCH3 is 1. The molecule has 0 saturated carbocycles. The summed E-state index contributed by atoms with van der Waals surface area (Å²) in [4.78, 5) is 12.1. The Balaban J connectivity index is 2.30. The first-order valence-electron chi connectivity index (χ1n) is 5.69. The fraction of sp³-hybridized carbons (Fsp3) is 0.143. The van der Waals surface area contributed by atoms with Crippen LogP contribution in [0.1, 0.15) is 11.3 Å². The molecule has 0 radical (unpaired) electrons. The molecule has 1 N–H and O–H groups in total. The normalized spacial score (nSPS) is 10.8. The lowest BCUT2D eigenvalue weighted by molar-refractivity contribution is 0.413. The molecule has 0 aliphatic rings. The molecule has 0 aliphatic carbocycles. The summed E-state index contributed by atoms with van der Waals surface area (Å²) in [5.74, 6) is 0.804. The highest BCUT2D eigenvalue weighted by Gasteiger charge is 2.01. The first-order chi connectivity index (χ1) is 9.22. The lowest BCUT2D eigenvalue weighted by atomic mass is 10.1. The van der Waals surface area contributed by atoms with Gasteiger partial charge in [-0.25, -0.2) is 5.10 Å². The predicted octanol–water partition coefficient (Wildman–Crippen LogP) is 2.67. The van der Waals surface area contributed by atoms with Gasteiger partial charge < -0.3 is 4.74 Å². The first-order valence-corrected chi connectivity index (χ1v) is 6.91. The second-order valence-corrected chi connectivity index (χ2v) is 4.67. The van der Waals surface area contributed by atoms with Crippen molar-refractivity contribution in [2.75, 3.05) is 13.4 Å². The van der Waals surface area contributed by atoms with Crippen LogP contribution < -0.4 is 10.3 Å². The maximum atomic E-state index is 10.9. The van der Waals surface area contributed by atoms with E-state index in [-0.39, 0.29) is 5.56 Å². The van der Waals surface area contributed by atoms with Crippen LogP contribution in [-0.2, 0) is 0 Å². The molecule has 1 aromatic carbocycles. The number of aromatic nitrogens is 2. The minimum Gasteiger partial charge on any atom is -0.496 e. The van der Waals surface area contributed by atoms with E-state index in [0.717, 1.165) is 16.2 Å². The fourth-order valence-electron chi connectivity index (χ4n) is 1.59. The summed E-state index contributed by atoms with van der Waals surface area (Å²) in [7, 11) is 1.64. The molecule has 4 nitrogen and oxygen atoms in total. The molecule has 0 amide bonds. The molecule has 0 bridgehead atoms. The Bertz CT molecular complexity index is 630. The minimum atomic E-state index is -0.209. The standard InChI is InChI=1S/C14H14N2O2S/c1-18-13-7-6-12(19-2)9-10(13)3-4-11-5-8-14(17)16-15-11/h3-9H,1-2H3,(H,16,17). The van der Waals surface area contributed by atoms with Crippen LogP contribution in [-0.4, -0.2) is 23.6 Å². The zero-order valence-corrected chi connectivity index (χ0v) is 11.5. The molecule has 0 fully saturated rings. The molecule has 2 rings (SSSR count). The Morgan fingerprint density at radius 3 is 2.74 bits per heavy atom. The average molecular weight is 274 g/mol. The number of hydrogen-bond acceptors (Lipinski definition) is 4. The molecule has 0 aliphatic heterocycles. The summed E-state index contributed by atoms with van der Waals surface area (Å²) in [5, 5.41) is 6.32. The predicted molar refractivity (Wildman–Crippen MR) is 78.6 cm³/mol. The lowest BCUT2D eigenvalue weighted by Crippen LogP contribution is -2.05. The van der Waals surface area contributed by atoms with E-state index in [9.17, 15) is 4.79 Å². The fourth-order valence-corrected chi connectivity index (χ4v) is 2.04. The highest BCUT2D eigenvalue weighted by atomic mass is 32.2. The zero-order chi connectivity index (χ0) is 13.7. The van der Waals surface area contributed by atoms with Crippen molar-refractivity contribution in [2.24, 2.45) is 0 Å². The van der Waals surface area contributed by atoms with Crippen LogP contribution >= 0.6 is 11.8 Å². The van der Waals surface area contributed by atoms with Crippen molar-refractivity contribution < 1.29 is 4.74 Å². The van der Waals surface area contributed by atoms with Crippen molar-refractivity contribution in [2.45, 2.75) is 4.90 Å². The number of nitrogens with zero attached hydrogens (tertiary/aromatic N) is 1. The van der Waals surface area contributed by atoms with Gasteiger partial charge in [0.25, 0.3) is 5.56 Å². The molecule has 19 heavy (non-hydrogen) atoms. The van der Waals surface area contributed by atoms with E-state index < -0.39 is 0 Å². The molecule has 1 aromatic heterocycles. The quantitative estimate of drug-likeness (QED) is 0.871. The molecule has 0 spiro atoms. The van der Waals surface area contributed by atoms with Gasteiger partial charge in [-0.05, 0) is 42.7 Å². The Hall–Kier alpha value is -2.01. The van der Waals surface area contributed by atoms with E-state index in [1.54, 1.807) is 24.9 Å². The van der Waals surface area contributed by atoms with E-state index in [1.165, 1.54) is 6.07 Å². The van der Waals surface area contributed by atoms with Gasteiger partial charge in [0.1, 0.15) is 5.75 Å². The van der Waals surface area contributed by atoms with Crippen LogP contribution in [0, 0.1) is 0 Å². The summed E-state index contributed by atoms with van der Waals surface area (Å²) in [5.41, 5.74) is 1.46. The van der Waals surface area contributed by atoms with Gasteiger partial charge in [0.2, 0.25) is 0 Å². The van der Waals surface area contributed by atoms with Gasteiger partial charge in [-0.2, -0.15) is 5.10 Å². The Morgan fingerprint density at radius 2 is 2.11 bits per heavy atom. The third kappa shape index (κ3) is 3.48. The van der Waals surface area contributed by atoms with Crippen LogP contribution in [0.3, 0.4) is 0 Å². The maximum absolute atomic E-state index is 10.9.